The second-order valence-electron chi connectivity index (χ2n) is 5.06. The molecule has 0 aliphatic carbocycles. The first kappa shape index (κ1) is 21.7. The van der Waals surface area contributed by atoms with E-state index in [1.807, 2.05) is 0 Å². The summed E-state index contributed by atoms with van der Waals surface area (Å²) in [7, 11) is 0. The molecule has 3 nitrogen and oxygen atoms in total. The van der Waals surface area contributed by atoms with Gasteiger partial charge in [-0.2, -0.15) is 22.0 Å². The summed E-state index contributed by atoms with van der Waals surface area (Å²) in [6.45, 7) is 0. The van der Waals surface area contributed by atoms with Crippen molar-refractivity contribution in [1.29, 1.82) is 0 Å². The molecular formula is C16H6F8O3S. The molecule has 0 radical (unpaired) electrons. The maximum absolute atomic E-state index is 13.5. The molecule has 0 heterocycles. The molecule has 0 saturated carbocycles. The number of carbonyl (C=O) groups is 2. The first-order chi connectivity index (χ1) is 12.9. The van der Waals surface area contributed by atoms with Gasteiger partial charge < -0.3 is 4.74 Å². The van der Waals surface area contributed by atoms with Crippen molar-refractivity contribution < 1.29 is 49.4 Å². The molecule has 0 amide bonds. The number of hydrogen-bond acceptors (Lipinski definition) is 4. The Labute approximate surface area is 155 Å². The second kappa shape index (κ2) is 8.17. The molecule has 28 heavy (non-hydrogen) atoms. The minimum absolute atomic E-state index is 0.0363. The van der Waals surface area contributed by atoms with Gasteiger partial charge in [0.25, 0.3) is 5.12 Å². The minimum atomic E-state index is -5.01. The molecule has 0 spiro atoms. The van der Waals surface area contributed by atoms with E-state index in [2.05, 4.69) is 4.74 Å². The zero-order valence-electron chi connectivity index (χ0n) is 13.2. The zero-order valence-corrected chi connectivity index (χ0v) is 14.0. The van der Waals surface area contributed by atoms with Crippen molar-refractivity contribution >= 4 is 22.8 Å². The van der Waals surface area contributed by atoms with Gasteiger partial charge in [0, 0.05) is 5.75 Å². The van der Waals surface area contributed by atoms with E-state index in [0.717, 1.165) is 24.3 Å². The summed E-state index contributed by atoms with van der Waals surface area (Å²) in [6.07, 6.45) is -5.01. The van der Waals surface area contributed by atoms with Crippen LogP contribution in [-0.4, -0.2) is 17.3 Å². The fraction of sp³-hybridized carbons (Fsp3) is 0.125. The lowest BCUT2D eigenvalue weighted by Gasteiger charge is -2.09. The van der Waals surface area contributed by atoms with Crippen molar-refractivity contribution in [1.82, 2.24) is 0 Å². The SMILES string of the molecule is O=C(Oc1c(F)c(F)c(F)c(F)c1F)c1ccc(CSC(=O)C(F)(F)F)cc1. The van der Waals surface area contributed by atoms with Gasteiger partial charge in [-0.15, -0.1) is 0 Å². The summed E-state index contributed by atoms with van der Waals surface area (Å²) in [6, 6.07) is 4.18. The molecule has 2 aromatic carbocycles. The first-order valence-electron chi connectivity index (χ1n) is 7.00. The molecule has 12 heteroatoms. The van der Waals surface area contributed by atoms with E-state index in [1.54, 1.807) is 0 Å². The number of benzene rings is 2. The molecule has 2 rings (SSSR count). The molecule has 0 aromatic heterocycles. The number of halogens is 8. The monoisotopic (exact) mass is 430 g/mol. The molecule has 0 saturated heterocycles. The number of alkyl halides is 3. The Hall–Kier alpha value is -2.63. The summed E-state index contributed by atoms with van der Waals surface area (Å²) in [4.78, 5) is 22.6. The normalized spacial score (nSPS) is 11.4. The van der Waals surface area contributed by atoms with Gasteiger partial charge in [0.1, 0.15) is 0 Å². The van der Waals surface area contributed by atoms with Crippen molar-refractivity contribution in [3.05, 3.63) is 64.5 Å². The third-order valence-electron chi connectivity index (χ3n) is 3.16. The van der Waals surface area contributed by atoms with Gasteiger partial charge in [-0.1, -0.05) is 23.9 Å². The lowest BCUT2D eigenvalue weighted by Crippen LogP contribution is -2.19. The van der Waals surface area contributed by atoms with Gasteiger partial charge in [-0.05, 0) is 17.7 Å². The Morgan fingerprint density at radius 3 is 1.75 bits per heavy atom. The Morgan fingerprint density at radius 2 is 1.29 bits per heavy atom. The van der Waals surface area contributed by atoms with Crippen LogP contribution in [0.5, 0.6) is 5.75 Å². The van der Waals surface area contributed by atoms with E-state index in [9.17, 15) is 44.7 Å². The van der Waals surface area contributed by atoms with Crippen LogP contribution in [0.2, 0.25) is 0 Å². The Morgan fingerprint density at radius 1 is 0.821 bits per heavy atom. The maximum Gasteiger partial charge on any atom is 0.460 e. The van der Waals surface area contributed by atoms with Crippen molar-refractivity contribution in [2.75, 3.05) is 0 Å². The van der Waals surface area contributed by atoms with Gasteiger partial charge in [0.2, 0.25) is 34.8 Å². The summed E-state index contributed by atoms with van der Waals surface area (Å²) in [5, 5.41) is -2.03. The van der Waals surface area contributed by atoms with Gasteiger partial charge >= 0.3 is 12.1 Å². The van der Waals surface area contributed by atoms with Crippen LogP contribution in [0.15, 0.2) is 24.3 Å². The van der Waals surface area contributed by atoms with E-state index in [-0.39, 0.29) is 28.6 Å². The molecule has 150 valence electrons. The average molecular weight is 430 g/mol. The van der Waals surface area contributed by atoms with Crippen molar-refractivity contribution in [3.8, 4) is 5.75 Å². The molecule has 0 aliphatic heterocycles. The summed E-state index contributed by atoms with van der Waals surface area (Å²) in [5.74, 6) is -15.4. The molecule has 2 aromatic rings. The van der Waals surface area contributed by atoms with Crippen molar-refractivity contribution in [2.45, 2.75) is 11.9 Å². The smallest absolute Gasteiger partial charge is 0.416 e. The molecule has 0 fully saturated rings. The highest BCUT2D eigenvalue weighted by atomic mass is 32.2. The van der Waals surface area contributed by atoms with Gasteiger partial charge in [0.15, 0.2) is 0 Å². The highest BCUT2D eigenvalue weighted by molar-refractivity contribution is 8.13. The molecule has 0 N–H and O–H groups in total. The van der Waals surface area contributed by atoms with Crippen LogP contribution in [0.4, 0.5) is 35.1 Å². The van der Waals surface area contributed by atoms with Crippen molar-refractivity contribution in [3.63, 3.8) is 0 Å². The third-order valence-corrected chi connectivity index (χ3v) is 4.13. The highest BCUT2D eigenvalue weighted by Gasteiger charge is 2.38. The molecule has 0 atom stereocenters. The average Bonchev–Trinajstić information content (AvgIpc) is 2.65. The number of rotatable bonds is 4. The van der Waals surface area contributed by atoms with Crippen LogP contribution in [0.1, 0.15) is 15.9 Å². The van der Waals surface area contributed by atoms with Crippen LogP contribution in [0.3, 0.4) is 0 Å². The molecule has 0 aliphatic rings. The zero-order chi connectivity index (χ0) is 21.2. The molecule has 0 unspecified atom stereocenters. The van der Waals surface area contributed by atoms with E-state index in [0.29, 0.717) is 0 Å². The largest absolute Gasteiger partial charge is 0.460 e. The third kappa shape index (κ3) is 4.61. The van der Waals surface area contributed by atoms with E-state index in [4.69, 9.17) is 0 Å². The number of ether oxygens (including phenoxy) is 1. The lowest BCUT2D eigenvalue weighted by atomic mass is 10.1. The van der Waals surface area contributed by atoms with Crippen molar-refractivity contribution in [2.24, 2.45) is 0 Å². The standard InChI is InChI=1S/C16H6F8O3S/c17-8-9(18)11(20)13(12(21)10(8)19)27-14(25)7-3-1-6(2-4-7)5-28-15(26)16(22,23)24/h1-4H,5H2. The summed E-state index contributed by atoms with van der Waals surface area (Å²) >= 11 is -0.0363. The first-order valence-corrected chi connectivity index (χ1v) is 7.98. The van der Waals surface area contributed by atoms with E-state index in [1.165, 1.54) is 0 Å². The predicted octanol–water partition coefficient (Wildman–Crippen LogP) is 4.92. The van der Waals surface area contributed by atoms with Crippen LogP contribution < -0.4 is 4.74 Å². The topological polar surface area (TPSA) is 43.4 Å². The lowest BCUT2D eigenvalue weighted by molar-refractivity contribution is -0.160. The predicted molar refractivity (Wildman–Crippen MR) is 80.0 cm³/mol. The Balaban J connectivity index is 2.14. The minimum Gasteiger partial charge on any atom is -0.416 e. The number of hydrogen-bond donors (Lipinski definition) is 0. The molecular weight excluding hydrogens is 424 g/mol. The number of carbonyl (C=O) groups excluding carboxylic acids is 2. The maximum atomic E-state index is 13.5. The van der Waals surface area contributed by atoms with Crippen LogP contribution in [0.25, 0.3) is 0 Å². The summed E-state index contributed by atoms with van der Waals surface area (Å²) < 4.78 is 107. The summed E-state index contributed by atoms with van der Waals surface area (Å²) in [5.41, 5.74) is -0.199. The fourth-order valence-corrected chi connectivity index (χ4v) is 2.45. The Kier molecular flexibility index (Phi) is 6.32. The quantitative estimate of drug-likeness (QED) is 0.227. The van der Waals surface area contributed by atoms with Gasteiger partial charge in [0.05, 0.1) is 5.56 Å². The van der Waals surface area contributed by atoms with E-state index >= 15 is 0 Å². The van der Waals surface area contributed by atoms with Crippen LogP contribution in [0, 0.1) is 29.1 Å². The van der Waals surface area contributed by atoms with Crippen LogP contribution >= 0.6 is 11.8 Å². The fourth-order valence-electron chi connectivity index (χ4n) is 1.79. The number of esters is 1. The van der Waals surface area contributed by atoms with Crippen LogP contribution in [-0.2, 0) is 10.5 Å². The van der Waals surface area contributed by atoms with Gasteiger partial charge in [-0.25, -0.2) is 18.0 Å². The van der Waals surface area contributed by atoms with Gasteiger partial charge in [-0.3, -0.25) is 4.79 Å². The van der Waals surface area contributed by atoms with E-state index < -0.39 is 52.1 Å². The Bertz CT molecular complexity index is 896. The highest BCUT2D eigenvalue weighted by Crippen LogP contribution is 2.30. The number of thioether (sulfide) groups is 1. The second-order valence-corrected chi connectivity index (χ2v) is 6.01. The molecule has 0 bridgehead atoms.